The number of amides is 1. The molecule has 2 aromatic heterocycles. The van der Waals surface area contributed by atoms with Crippen molar-refractivity contribution >= 4 is 17.8 Å². The molecule has 0 aliphatic carbocycles. The van der Waals surface area contributed by atoms with E-state index in [1.807, 2.05) is 13.8 Å². The number of carboxylic acid groups (broad SMARTS) is 1. The van der Waals surface area contributed by atoms with Crippen LogP contribution in [0.15, 0.2) is 24.7 Å². The van der Waals surface area contributed by atoms with E-state index in [1.165, 1.54) is 11.1 Å². The minimum absolute atomic E-state index is 0.146. The van der Waals surface area contributed by atoms with Gasteiger partial charge in [0.1, 0.15) is 6.04 Å². The van der Waals surface area contributed by atoms with Gasteiger partial charge >= 0.3 is 5.97 Å². The molecule has 0 spiro atoms. The van der Waals surface area contributed by atoms with E-state index >= 15 is 0 Å². The summed E-state index contributed by atoms with van der Waals surface area (Å²) >= 11 is 0. The van der Waals surface area contributed by atoms with E-state index in [0.29, 0.717) is 18.1 Å². The first-order chi connectivity index (χ1) is 12.5. The Morgan fingerprint density at radius 3 is 2.65 bits per heavy atom. The molecule has 1 aliphatic rings. The highest BCUT2D eigenvalue weighted by Gasteiger charge is 2.37. The molecule has 138 valence electrons. The van der Waals surface area contributed by atoms with Crippen LogP contribution in [-0.4, -0.2) is 67.3 Å². The summed E-state index contributed by atoms with van der Waals surface area (Å²) in [6, 6.07) is 0.739. The number of hydrogen-bond donors (Lipinski definition) is 1. The van der Waals surface area contributed by atoms with Crippen molar-refractivity contribution in [2.45, 2.75) is 32.9 Å². The Balaban J connectivity index is 1.81. The van der Waals surface area contributed by atoms with Crippen LogP contribution in [0.1, 0.15) is 29.4 Å². The van der Waals surface area contributed by atoms with Gasteiger partial charge in [-0.1, -0.05) is 6.92 Å². The molecule has 0 saturated carbocycles. The maximum absolute atomic E-state index is 13.0. The van der Waals surface area contributed by atoms with Crippen LogP contribution >= 0.6 is 0 Å². The van der Waals surface area contributed by atoms with Gasteiger partial charge in [-0.05, 0) is 19.4 Å². The van der Waals surface area contributed by atoms with E-state index in [-0.39, 0.29) is 19.0 Å². The lowest BCUT2D eigenvalue weighted by atomic mass is 10.1. The zero-order valence-electron chi connectivity index (χ0n) is 14.9. The summed E-state index contributed by atoms with van der Waals surface area (Å²) in [5.74, 6) is -0.874. The number of carboxylic acids is 1. The molecule has 1 saturated heterocycles. The number of rotatable bonds is 5. The minimum Gasteiger partial charge on any atom is -0.480 e. The molecule has 9 nitrogen and oxygen atoms in total. The van der Waals surface area contributed by atoms with Crippen molar-refractivity contribution < 1.29 is 14.7 Å². The number of aromatic nitrogens is 4. The number of carbonyl (C=O) groups is 2. The van der Waals surface area contributed by atoms with E-state index in [9.17, 15) is 14.7 Å². The number of aliphatic carboxylic acids is 1. The van der Waals surface area contributed by atoms with Crippen molar-refractivity contribution in [3.05, 3.63) is 35.9 Å². The zero-order valence-corrected chi connectivity index (χ0v) is 14.9. The number of hydrogen-bond acceptors (Lipinski definition) is 6. The van der Waals surface area contributed by atoms with Gasteiger partial charge in [0.25, 0.3) is 5.91 Å². The highest BCUT2D eigenvalue weighted by atomic mass is 16.4. The number of aryl methyl sites for hydroxylation is 1. The minimum atomic E-state index is -1.04. The van der Waals surface area contributed by atoms with Crippen molar-refractivity contribution in [1.29, 1.82) is 0 Å². The van der Waals surface area contributed by atoms with Crippen LogP contribution in [0.25, 0.3) is 0 Å². The highest BCUT2D eigenvalue weighted by Crippen LogP contribution is 2.19. The van der Waals surface area contributed by atoms with E-state index in [4.69, 9.17) is 0 Å². The first-order valence-corrected chi connectivity index (χ1v) is 8.61. The molecule has 26 heavy (non-hydrogen) atoms. The molecule has 2 aromatic rings. The van der Waals surface area contributed by atoms with Crippen molar-refractivity contribution in [3.63, 3.8) is 0 Å². The molecule has 1 fully saturated rings. The molecule has 3 rings (SSSR count). The molecule has 0 unspecified atom stereocenters. The van der Waals surface area contributed by atoms with E-state index in [1.54, 1.807) is 28.0 Å². The molecular weight excluding hydrogens is 336 g/mol. The van der Waals surface area contributed by atoms with E-state index < -0.39 is 12.0 Å². The largest absolute Gasteiger partial charge is 0.480 e. The Hall–Kier alpha value is -2.97. The lowest BCUT2D eigenvalue weighted by Gasteiger charge is -2.39. The van der Waals surface area contributed by atoms with Crippen molar-refractivity contribution in [2.24, 2.45) is 0 Å². The third-order valence-electron chi connectivity index (χ3n) is 4.53. The van der Waals surface area contributed by atoms with Gasteiger partial charge in [0.2, 0.25) is 5.95 Å². The van der Waals surface area contributed by atoms with Crippen LogP contribution in [0.4, 0.5) is 5.95 Å². The Morgan fingerprint density at radius 2 is 2.00 bits per heavy atom. The normalized spacial score (nSPS) is 17.4. The Labute approximate surface area is 151 Å². The van der Waals surface area contributed by atoms with Gasteiger partial charge in [0.15, 0.2) is 0 Å². The summed E-state index contributed by atoms with van der Waals surface area (Å²) in [4.78, 5) is 36.3. The van der Waals surface area contributed by atoms with Gasteiger partial charge in [-0.15, -0.1) is 0 Å². The quantitative estimate of drug-likeness (QED) is 0.843. The fourth-order valence-electron chi connectivity index (χ4n) is 3.12. The Kier molecular flexibility index (Phi) is 5.15. The fourth-order valence-corrected chi connectivity index (χ4v) is 3.12. The standard InChI is InChI=1S/C17H22N6O3/c1-3-7-23-12(2)13(10-20-23)15(24)22-9-8-21(11-14(22)16(25)26)17-18-5-4-6-19-17/h4-6,10,14H,3,7-9,11H2,1-2H3,(H,25,26)/t14-/m0/s1. The second-order valence-electron chi connectivity index (χ2n) is 6.21. The first kappa shape index (κ1) is 17.8. The molecule has 0 bridgehead atoms. The third-order valence-corrected chi connectivity index (χ3v) is 4.53. The van der Waals surface area contributed by atoms with Crippen LogP contribution in [0.2, 0.25) is 0 Å². The van der Waals surface area contributed by atoms with Gasteiger partial charge in [0, 0.05) is 37.7 Å². The van der Waals surface area contributed by atoms with Crippen LogP contribution < -0.4 is 4.90 Å². The Morgan fingerprint density at radius 1 is 1.27 bits per heavy atom. The topological polar surface area (TPSA) is 104 Å². The molecule has 1 atom stereocenters. The van der Waals surface area contributed by atoms with E-state index in [2.05, 4.69) is 15.1 Å². The lowest BCUT2D eigenvalue weighted by molar-refractivity contribution is -0.142. The van der Waals surface area contributed by atoms with Gasteiger partial charge in [-0.2, -0.15) is 5.10 Å². The number of piperazine rings is 1. The predicted octanol–water partition coefficient (Wildman–Crippen LogP) is 0.807. The molecule has 3 heterocycles. The fraction of sp³-hybridized carbons (Fsp3) is 0.471. The number of carbonyl (C=O) groups excluding carboxylic acids is 1. The number of nitrogens with zero attached hydrogens (tertiary/aromatic N) is 6. The van der Waals surface area contributed by atoms with Crippen LogP contribution in [-0.2, 0) is 11.3 Å². The van der Waals surface area contributed by atoms with Crippen molar-refractivity contribution in [2.75, 3.05) is 24.5 Å². The monoisotopic (exact) mass is 358 g/mol. The van der Waals surface area contributed by atoms with Gasteiger partial charge < -0.3 is 14.9 Å². The van der Waals surface area contributed by atoms with Gasteiger partial charge in [-0.25, -0.2) is 14.8 Å². The zero-order chi connectivity index (χ0) is 18.7. The number of anilines is 1. The first-order valence-electron chi connectivity index (χ1n) is 8.61. The smallest absolute Gasteiger partial charge is 0.328 e. The molecule has 0 radical (unpaired) electrons. The molecule has 0 aromatic carbocycles. The van der Waals surface area contributed by atoms with Crippen LogP contribution in [0.3, 0.4) is 0 Å². The lowest BCUT2D eigenvalue weighted by Crippen LogP contribution is -2.58. The summed E-state index contributed by atoms with van der Waals surface area (Å²) in [7, 11) is 0. The third kappa shape index (κ3) is 3.37. The second kappa shape index (κ2) is 7.51. The van der Waals surface area contributed by atoms with Crippen molar-refractivity contribution in [3.8, 4) is 0 Å². The highest BCUT2D eigenvalue weighted by molar-refractivity contribution is 5.97. The van der Waals surface area contributed by atoms with Gasteiger partial charge in [-0.3, -0.25) is 9.48 Å². The predicted molar refractivity (Wildman–Crippen MR) is 94.0 cm³/mol. The maximum atomic E-state index is 13.0. The summed E-state index contributed by atoms with van der Waals surface area (Å²) in [6.45, 7) is 5.50. The van der Waals surface area contributed by atoms with Crippen molar-refractivity contribution in [1.82, 2.24) is 24.6 Å². The average Bonchev–Trinajstić information content (AvgIpc) is 3.02. The summed E-state index contributed by atoms with van der Waals surface area (Å²) in [5, 5.41) is 13.9. The van der Waals surface area contributed by atoms with E-state index in [0.717, 1.165) is 18.7 Å². The van der Waals surface area contributed by atoms with Gasteiger partial charge in [0.05, 0.1) is 18.3 Å². The molecule has 9 heteroatoms. The van der Waals surface area contributed by atoms with Crippen LogP contribution in [0, 0.1) is 6.92 Å². The SMILES string of the molecule is CCCn1ncc(C(=O)N2CCN(c3ncccn3)C[C@H]2C(=O)O)c1C. The molecule has 1 N–H and O–H groups in total. The summed E-state index contributed by atoms with van der Waals surface area (Å²) in [6.07, 6.45) is 5.66. The molecule has 1 aliphatic heterocycles. The maximum Gasteiger partial charge on any atom is 0.328 e. The average molecular weight is 358 g/mol. The second-order valence-corrected chi connectivity index (χ2v) is 6.21. The van der Waals surface area contributed by atoms with Crippen LogP contribution in [0.5, 0.6) is 0 Å². The summed E-state index contributed by atoms with van der Waals surface area (Å²) < 4.78 is 1.77. The Bertz CT molecular complexity index is 791. The summed E-state index contributed by atoms with van der Waals surface area (Å²) in [5.41, 5.74) is 1.21. The molecule has 1 amide bonds. The molecular formula is C17H22N6O3.